The van der Waals surface area contributed by atoms with Gasteiger partial charge < -0.3 is 9.80 Å². The van der Waals surface area contributed by atoms with Gasteiger partial charge in [0, 0.05) is 33.3 Å². The number of carbonyl (C=O) groups is 2. The Morgan fingerprint density at radius 3 is 0.955 bits per heavy atom. The average Bonchev–Trinajstić information content (AvgIpc) is 4.04. The van der Waals surface area contributed by atoms with Gasteiger partial charge in [-0.2, -0.15) is 0 Å². The average molecular weight is 936 g/mol. The third-order valence-corrected chi connectivity index (χ3v) is 17.4. The second-order valence-corrected chi connectivity index (χ2v) is 22.6. The van der Waals surface area contributed by atoms with Crippen LogP contribution in [0.1, 0.15) is 243 Å². The van der Waals surface area contributed by atoms with Gasteiger partial charge in [0.15, 0.2) is 0 Å². The van der Waals surface area contributed by atoms with Crippen LogP contribution in [0.3, 0.4) is 0 Å². The smallest absolute Gasteiger partial charge is 0.260 e. The monoisotopic (exact) mass is 935 g/mol. The Labute approximate surface area is 410 Å². The molecule has 2 amide bonds. The zero-order valence-corrected chi connectivity index (χ0v) is 44.0. The molecule has 6 rings (SSSR count). The SMILES string of the molecule is CCCCCCCCCCC(CCCCCCCC)CN1C(=O)/C(=C2/C(=O)N(CC(CCCCCCCC)CCCCCCCCCC)c3c2sc2ccccc32)c2sc3ccccc3c21. The van der Waals surface area contributed by atoms with Gasteiger partial charge in [-0.25, -0.2) is 0 Å². The maximum absolute atomic E-state index is 15.5. The van der Waals surface area contributed by atoms with Crippen molar-refractivity contribution in [1.82, 2.24) is 0 Å². The van der Waals surface area contributed by atoms with Gasteiger partial charge in [-0.1, -0.05) is 244 Å². The molecule has 0 radical (unpaired) electrons. The third kappa shape index (κ3) is 14.5. The summed E-state index contributed by atoms with van der Waals surface area (Å²) in [5.41, 5.74) is 3.48. The van der Waals surface area contributed by atoms with Crippen molar-refractivity contribution < 1.29 is 9.59 Å². The molecular weight excluding hydrogens is 845 g/mol. The molecular formula is C60H90N2O2S2. The number of rotatable bonds is 36. The normalized spacial score (nSPS) is 15.8. The van der Waals surface area contributed by atoms with Crippen LogP contribution in [-0.2, 0) is 9.59 Å². The lowest BCUT2D eigenvalue weighted by molar-refractivity contribution is -0.114. The highest BCUT2D eigenvalue weighted by atomic mass is 32.1. The minimum absolute atomic E-state index is 0.0574. The van der Waals surface area contributed by atoms with E-state index in [0.29, 0.717) is 23.0 Å². The molecule has 2 unspecified atom stereocenters. The predicted molar refractivity (Wildman–Crippen MR) is 293 cm³/mol. The molecule has 0 saturated heterocycles. The first-order valence-electron chi connectivity index (χ1n) is 27.9. The quantitative estimate of drug-likeness (QED) is 0.0337. The fourth-order valence-electron chi connectivity index (χ4n) is 11.1. The van der Waals surface area contributed by atoms with Crippen molar-refractivity contribution in [2.75, 3.05) is 22.9 Å². The highest BCUT2D eigenvalue weighted by Crippen LogP contribution is 2.56. The molecule has 364 valence electrons. The van der Waals surface area contributed by atoms with Crippen molar-refractivity contribution in [1.29, 1.82) is 0 Å². The summed E-state index contributed by atoms with van der Waals surface area (Å²) in [4.78, 5) is 37.3. The first-order valence-corrected chi connectivity index (χ1v) is 29.6. The molecule has 2 aliphatic heterocycles. The van der Waals surface area contributed by atoms with Gasteiger partial charge >= 0.3 is 0 Å². The van der Waals surface area contributed by atoms with E-state index in [1.54, 1.807) is 22.7 Å². The molecule has 0 spiro atoms. The van der Waals surface area contributed by atoms with E-state index in [9.17, 15) is 0 Å². The summed E-state index contributed by atoms with van der Waals surface area (Å²) in [6.07, 6.45) is 41.3. The van der Waals surface area contributed by atoms with Crippen LogP contribution >= 0.6 is 22.7 Å². The summed E-state index contributed by atoms with van der Waals surface area (Å²) in [6.45, 7) is 10.7. The lowest BCUT2D eigenvalue weighted by Gasteiger charge is -2.25. The van der Waals surface area contributed by atoms with Crippen molar-refractivity contribution in [3.63, 3.8) is 0 Å². The largest absolute Gasteiger partial charge is 0.306 e. The van der Waals surface area contributed by atoms with Crippen molar-refractivity contribution in [3.8, 4) is 0 Å². The van der Waals surface area contributed by atoms with Gasteiger partial charge in [-0.15, -0.1) is 22.7 Å². The van der Waals surface area contributed by atoms with Gasteiger partial charge in [0.25, 0.3) is 11.8 Å². The van der Waals surface area contributed by atoms with E-state index >= 15 is 9.59 Å². The zero-order valence-electron chi connectivity index (χ0n) is 42.3. The zero-order chi connectivity index (χ0) is 46.4. The maximum atomic E-state index is 15.5. The molecule has 4 aromatic rings. The fourth-order valence-corrected chi connectivity index (χ4v) is 13.6. The number of hydrogen-bond acceptors (Lipinski definition) is 4. The molecule has 0 bridgehead atoms. The lowest BCUT2D eigenvalue weighted by Crippen LogP contribution is -2.34. The molecule has 2 aliphatic rings. The van der Waals surface area contributed by atoms with Crippen LogP contribution < -0.4 is 9.80 Å². The van der Waals surface area contributed by atoms with Crippen molar-refractivity contribution in [3.05, 3.63) is 58.3 Å². The summed E-state index contributed by atoms with van der Waals surface area (Å²) in [6, 6.07) is 17.4. The number of anilines is 2. The number of fused-ring (bicyclic) bond motifs is 6. The maximum Gasteiger partial charge on any atom is 0.260 e. The molecule has 0 saturated carbocycles. The third-order valence-electron chi connectivity index (χ3n) is 15.0. The van der Waals surface area contributed by atoms with E-state index in [2.05, 4.69) is 86.0 Å². The highest BCUT2D eigenvalue weighted by Gasteiger charge is 2.46. The van der Waals surface area contributed by atoms with E-state index in [-0.39, 0.29) is 11.8 Å². The highest BCUT2D eigenvalue weighted by molar-refractivity contribution is 7.23. The summed E-state index contributed by atoms with van der Waals surface area (Å²) >= 11 is 3.46. The van der Waals surface area contributed by atoms with Crippen LogP contribution in [0.5, 0.6) is 0 Å². The van der Waals surface area contributed by atoms with Gasteiger partial charge in [-0.05, 0) is 49.7 Å². The van der Waals surface area contributed by atoms with E-state index in [0.717, 1.165) is 45.0 Å². The number of thiophene rings is 2. The summed E-state index contributed by atoms with van der Waals surface area (Å²) in [5, 5.41) is 2.32. The summed E-state index contributed by atoms with van der Waals surface area (Å²) < 4.78 is 2.41. The minimum Gasteiger partial charge on any atom is -0.306 e. The van der Waals surface area contributed by atoms with Crippen LogP contribution in [-0.4, -0.2) is 24.9 Å². The van der Waals surface area contributed by atoms with Gasteiger partial charge in [-0.3, -0.25) is 9.59 Å². The first kappa shape index (κ1) is 52.4. The predicted octanol–water partition coefficient (Wildman–Crippen LogP) is 19.5. The minimum atomic E-state index is 0.0574. The van der Waals surface area contributed by atoms with Crippen LogP contribution in [0.15, 0.2) is 48.5 Å². The van der Waals surface area contributed by atoms with Gasteiger partial charge in [0.1, 0.15) is 0 Å². The number of nitrogens with zero attached hydrogens (tertiary/aromatic N) is 2. The summed E-state index contributed by atoms with van der Waals surface area (Å²) in [5.74, 6) is 1.01. The molecule has 0 N–H and O–H groups in total. The number of hydrogen-bond donors (Lipinski definition) is 0. The van der Waals surface area contributed by atoms with Crippen LogP contribution in [0.2, 0.25) is 0 Å². The Hall–Kier alpha value is -2.96. The lowest BCUT2D eigenvalue weighted by atomic mass is 9.93. The molecule has 2 aromatic heterocycles. The Kier molecular flexibility index (Phi) is 23.2. The molecule has 4 heterocycles. The van der Waals surface area contributed by atoms with Gasteiger partial charge in [0.05, 0.1) is 32.3 Å². The number of carbonyl (C=O) groups excluding carboxylic acids is 2. The molecule has 2 atom stereocenters. The van der Waals surface area contributed by atoms with E-state index in [1.807, 2.05) is 0 Å². The van der Waals surface area contributed by atoms with Crippen molar-refractivity contribution in [2.24, 2.45) is 11.8 Å². The van der Waals surface area contributed by atoms with Crippen LogP contribution in [0.25, 0.3) is 31.3 Å². The molecule has 4 nitrogen and oxygen atoms in total. The van der Waals surface area contributed by atoms with E-state index in [4.69, 9.17) is 0 Å². The van der Waals surface area contributed by atoms with Crippen LogP contribution in [0, 0.1) is 11.8 Å². The topological polar surface area (TPSA) is 40.6 Å². The Bertz CT molecular complexity index is 1930. The number of unbranched alkanes of at least 4 members (excludes halogenated alkanes) is 24. The van der Waals surface area contributed by atoms with Crippen LogP contribution in [0.4, 0.5) is 11.4 Å². The standard InChI is InChI=1S/C60H90N2O2S2/c1-5-9-13-17-21-23-27-31-39-47(37-29-25-19-15-11-7-3)45-61-55-49-41-33-35-43-51(49)65-57(55)53(59(61)63)54-58-56(50-42-34-36-44-52(50)66-58)62(60(54)64)46-48(38-30-26-20-16-12-8-4)40-32-28-24-22-18-14-10-6-2/h33-36,41-44,47-48H,5-32,37-40,45-46H2,1-4H3/b54-53+. The number of amides is 2. The molecule has 6 heteroatoms. The van der Waals surface area contributed by atoms with Crippen molar-refractivity contribution >= 4 is 77.2 Å². The Morgan fingerprint density at radius 2 is 0.652 bits per heavy atom. The van der Waals surface area contributed by atoms with Crippen molar-refractivity contribution in [2.45, 2.75) is 233 Å². The molecule has 0 fully saturated rings. The molecule has 2 aromatic carbocycles. The molecule has 0 aliphatic carbocycles. The fraction of sp³-hybridized carbons (Fsp3) is 0.667. The molecule has 66 heavy (non-hydrogen) atoms. The Morgan fingerprint density at radius 1 is 0.379 bits per heavy atom. The second-order valence-electron chi connectivity index (χ2n) is 20.5. The van der Waals surface area contributed by atoms with Gasteiger partial charge in [0.2, 0.25) is 0 Å². The number of benzene rings is 2. The Balaban J connectivity index is 1.29. The van der Waals surface area contributed by atoms with E-state index < -0.39 is 0 Å². The second kappa shape index (κ2) is 29.2. The van der Waals surface area contributed by atoms with E-state index in [1.165, 1.54) is 215 Å². The first-order chi connectivity index (χ1) is 32.5. The summed E-state index contributed by atoms with van der Waals surface area (Å²) in [7, 11) is 0.